The van der Waals surface area contributed by atoms with Crippen molar-refractivity contribution in [3.05, 3.63) is 59.6 Å². The van der Waals surface area contributed by atoms with Crippen molar-refractivity contribution in [2.24, 2.45) is 0 Å². The first-order valence-electron chi connectivity index (χ1n) is 12.0. The Labute approximate surface area is 218 Å². The molecule has 0 radical (unpaired) electrons. The summed E-state index contributed by atoms with van der Waals surface area (Å²) in [7, 11) is 0. The third kappa shape index (κ3) is 5.21. The molecular weight excluding hydrogens is 520 g/mol. The number of piperidine rings is 1. The molecule has 0 unspecified atom stereocenters. The first-order chi connectivity index (χ1) is 17.2. The average molecular weight is 549 g/mol. The molecule has 1 aromatic carbocycles. The molecule has 0 aliphatic carbocycles. The Morgan fingerprint density at radius 2 is 1.81 bits per heavy atom. The van der Waals surface area contributed by atoms with Crippen LogP contribution in [-0.4, -0.2) is 49.4 Å². The van der Waals surface area contributed by atoms with E-state index in [4.69, 9.17) is 10.5 Å². The number of likely N-dealkylation sites (tertiary alicyclic amines) is 1. The first-order valence-corrected chi connectivity index (χ1v) is 12.8. The normalized spacial score (nSPS) is 14.8. The Kier molecular flexibility index (Phi) is 6.42. The molecule has 4 aromatic rings. The first kappa shape index (κ1) is 24.2. The number of hydrogen-bond donors (Lipinski definition) is 1. The molecule has 0 spiro atoms. The summed E-state index contributed by atoms with van der Waals surface area (Å²) in [6.45, 7) is 6.94. The van der Waals surface area contributed by atoms with Crippen molar-refractivity contribution in [2.75, 3.05) is 18.8 Å². The molecule has 4 heterocycles. The van der Waals surface area contributed by atoms with Gasteiger partial charge in [0.05, 0.1) is 17.9 Å². The van der Waals surface area contributed by atoms with Gasteiger partial charge in [-0.1, -0.05) is 22.0 Å². The van der Waals surface area contributed by atoms with Crippen LogP contribution in [-0.2, 0) is 4.74 Å². The summed E-state index contributed by atoms with van der Waals surface area (Å²) in [5, 5.41) is 6.76. The molecule has 0 saturated carbocycles. The second kappa shape index (κ2) is 9.54. The summed E-state index contributed by atoms with van der Waals surface area (Å²) < 4.78 is 8.51. The number of nitrogens with two attached hydrogens (primary N) is 1. The monoisotopic (exact) mass is 548 g/mol. The molecule has 0 atom stereocenters. The zero-order valence-electron chi connectivity index (χ0n) is 20.6. The fourth-order valence-corrected chi connectivity index (χ4v) is 4.80. The number of pyridine rings is 2. The minimum atomic E-state index is -0.490. The minimum Gasteiger partial charge on any atom is -0.444 e. The van der Waals surface area contributed by atoms with Crippen LogP contribution < -0.4 is 5.73 Å². The number of ether oxygens (including phenoxy) is 1. The van der Waals surface area contributed by atoms with Gasteiger partial charge in [0.15, 0.2) is 0 Å². The maximum Gasteiger partial charge on any atom is 0.410 e. The van der Waals surface area contributed by atoms with Crippen LogP contribution in [0.1, 0.15) is 39.7 Å². The lowest BCUT2D eigenvalue weighted by Crippen LogP contribution is -2.42. The summed E-state index contributed by atoms with van der Waals surface area (Å²) in [6, 6.07) is 10.4. The van der Waals surface area contributed by atoms with Crippen molar-refractivity contribution in [3.8, 4) is 22.4 Å². The van der Waals surface area contributed by atoms with Gasteiger partial charge in [0, 0.05) is 58.2 Å². The van der Waals surface area contributed by atoms with Crippen LogP contribution in [0.5, 0.6) is 0 Å². The third-order valence-corrected chi connectivity index (χ3v) is 6.80. The van der Waals surface area contributed by atoms with E-state index in [9.17, 15) is 4.79 Å². The van der Waals surface area contributed by atoms with E-state index in [1.165, 1.54) is 0 Å². The zero-order chi connectivity index (χ0) is 25.4. The van der Waals surface area contributed by atoms with Crippen molar-refractivity contribution >= 4 is 38.6 Å². The number of nitrogens with zero attached hydrogens (tertiary/aromatic N) is 5. The Morgan fingerprint density at radius 3 is 2.56 bits per heavy atom. The van der Waals surface area contributed by atoms with E-state index in [0.29, 0.717) is 18.9 Å². The minimum absolute atomic E-state index is 0.222. The van der Waals surface area contributed by atoms with Crippen molar-refractivity contribution in [1.29, 1.82) is 0 Å². The molecule has 3 aromatic heterocycles. The summed E-state index contributed by atoms with van der Waals surface area (Å²) >= 11 is 3.50. The number of carbonyl (C=O) groups is 1. The summed E-state index contributed by atoms with van der Waals surface area (Å²) in [5.74, 6) is 0.435. The molecule has 2 N–H and O–H groups in total. The van der Waals surface area contributed by atoms with Gasteiger partial charge < -0.3 is 15.4 Å². The number of halogens is 1. The van der Waals surface area contributed by atoms with Gasteiger partial charge in [-0.25, -0.2) is 9.78 Å². The van der Waals surface area contributed by atoms with Crippen LogP contribution >= 0.6 is 15.9 Å². The second-order valence-electron chi connectivity index (χ2n) is 10.1. The number of benzene rings is 1. The molecule has 0 bridgehead atoms. The van der Waals surface area contributed by atoms with Crippen LogP contribution in [0, 0.1) is 0 Å². The lowest BCUT2D eigenvalue weighted by atomic mass is 10.0. The number of nitrogen functional groups attached to an aromatic ring is 1. The van der Waals surface area contributed by atoms with Crippen molar-refractivity contribution < 1.29 is 9.53 Å². The van der Waals surface area contributed by atoms with Gasteiger partial charge in [-0.05, 0) is 63.3 Å². The largest absolute Gasteiger partial charge is 0.444 e. The Bertz CT molecular complexity index is 1420. The topological polar surface area (TPSA) is 99.2 Å². The molecule has 186 valence electrons. The van der Waals surface area contributed by atoms with E-state index in [1.54, 1.807) is 11.1 Å². The average Bonchev–Trinajstić information content (AvgIpc) is 3.33. The lowest BCUT2D eigenvalue weighted by molar-refractivity contribution is 0.0185. The van der Waals surface area contributed by atoms with Crippen LogP contribution in [0.2, 0.25) is 0 Å². The van der Waals surface area contributed by atoms with Gasteiger partial charge in [0.25, 0.3) is 0 Å². The van der Waals surface area contributed by atoms with Crippen molar-refractivity contribution in [2.45, 2.75) is 45.3 Å². The molecule has 36 heavy (non-hydrogen) atoms. The van der Waals surface area contributed by atoms with Gasteiger partial charge in [0.2, 0.25) is 0 Å². The predicted octanol–water partition coefficient (Wildman–Crippen LogP) is 6.08. The third-order valence-electron chi connectivity index (χ3n) is 6.30. The molecule has 1 amide bonds. The molecule has 1 fully saturated rings. The van der Waals surface area contributed by atoms with Gasteiger partial charge in [-0.15, -0.1) is 0 Å². The zero-order valence-corrected chi connectivity index (χ0v) is 22.2. The van der Waals surface area contributed by atoms with E-state index >= 15 is 0 Å². The molecular formula is C27H29BrN6O2. The Hall–Kier alpha value is -3.46. The van der Waals surface area contributed by atoms with Gasteiger partial charge >= 0.3 is 6.09 Å². The molecule has 1 aliphatic rings. The lowest BCUT2D eigenvalue weighted by Gasteiger charge is -2.33. The molecule has 8 nitrogen and oxygen atoms in total. The maximum absolute atomic E-state index is 12.4. The van der Waals surface area contributed by atoms with Crippen LogP contribution in [0.15, 0.2) is 59.6 Å². The number of amides is 1. The molecule has 5 rings (SSSR count). The summed E-state index contributed by atoms with van der Waals surface area (Å²) in [4.78, 5) is 23.2. The predicted molar refractivity (Wildman–Crippen MR) is 144 cm³/mol. The van der Waals surface area contributed by atoms with Crippen molar-refractivity contribution in [3.63, 3.8) is 0 Å². The van der Waals surface area contributed by atoms with Crippen LogP contribution in [0.4, 0.5) is 10.6 Å². The fraction of sp³-hybridized carbons (Fsp3) is 0.333. The standard InChI is InChI=1S/C27H29BrN6O2/c1-27(2,3)36-26(35)33-8-6-22(7-9-33)34-16-20(15-32-34)19-11-23(25(29)31-14-19)24-12-17-4-5-21(28)10-18(17)13-30-24/h4-5,10-16,22H,6-9H2,1-3H3,(H2,29,31). The highest BCUT2D eigenvalue weighted by molar-refractivity contribution is 9.10. The van der Waals surface area contributed by atoms with E-state index in [2.05, 4.69) is 37.1 Å². The molecule has 9 heteroatoms. The second-order valence-corrected chi connectivity index (χ2v) is 11.0. The van der Waals surface area contributed by atoms with Crippen LogP contribution in [0.3, 0.4) is 0 Å². The highest BCUT2D eigenvalue weighted by Crippen LogP contribution is 2.32. The summed E-state index contributed by atoms with van der Waals surface area (Å²) in [6.07, 6.45) is 8.90. The van der Waals surface area contributed by atoms with E-state index in [0.717, 1.165) is 50.5 Å². The number of anilines is 1. The highest BCUT2D eigenvalue weighted by atomic mass is 79.9. The number of fused-ring (bicyclic) bond motifs is 1. The number of aromatic nitrogens is 4. The van der Waals surface area contributed by atoms with Gasteiger partial charge in [-0.3, -0.25) is 9.67 Å². The highest BCUT2D eigenvalue weighted by Gasteiger charge is 2.28. The molecule has 1 saturated heterocycles. The van der Waals surface area contributed by atoms with E-state index in [-0.39, 0.29) is 12.1 Å². The number of hydrogen-bond acceptors (Lipinski definition) is 6. The number of rotatable bonds is 3. The van der Waals surface area contributed by atoms with Gasteiger partial charge in [0.1, 0.15) is 11.4 Å². The Balaban J connectivity index is 1.33. The summed E-state index contributed by atoms with van der Waals surface area (Å²) in [5.41, 5.74) is 9.20. The maximum atomic E-state index is 12.4. The van der Waals surface area contributed by atoms with Crippen LogP contribution in [0.25, 0.3) is 33.2 Å². The van der Waals surface area contributed by atoms with E-state index < -0.39 is 5.60 Å². The number of carbonyl (C=O) groups excluding carboxylic acids is 1. The van der Waals surface area contributed by atoms with E-state index in [1.807, 2.05) is 68.3 Å². The SMILES string of the molecule is CC(C)(C)OC(=O)N1CCC(n2cc(-c3cnc(N)c(-c4cc5ccc(Br)cc5cn4)c3)cn2)CC1. The fourth-order valence-electron chi connectivity index (χ4n) is 4.42. The molecule has 1 aliphatic heterocycles. The Morgan fingerprint density at radius 1 is 1.03 bits per heavy atom. The van der Waals surface area contributed by atoms with Gasteiger partial charge in [-0.2, -0.15) is 5.10 Å². The quantitative estimate of drug-likeness (QED) is 0.333. The van der Waals surface area contributed by atoms with Crippen molar-refractivity contribution in [1.82, 2.24) is 24.6 Å². The smallest absolute Gasteiger partial charge is 0.410 e.